The van der Waals surface area contributed by atoms with Gasteiger partial charge >= 0.3 is 6.43 Å². The van der Waals surface area contributed by atoms with Crippen LogP contribution in [0.15, 0.2) is 0 Å². The van der Waals surface area contributed by atoms with Gasteiger partial charge in [0.15, 0.2) is 0 Å². The number of hydrogen-bond acceptors (Lipinski definition) is 1. The summed E-state index contributed by atoms with van der Waals surface area (Å²) in [6.45, 7) is 3.99. The summed E-state index contributed by atoms with van der Waals surface area (Å²) < 4.78 is 22.9. The molecule has 0 aromatic rings. The molecule has 0 bridgehead atoms. The maximum atomic E-state index is 11.5. The van der Waals surface area contributed by atoms with Gasteiger partial charge in [-0.2, -0.15) is 8.78 Å². The van der Waals surface area contributed by atoms with E-state index >= 15 is 0 Å². The quantitative estimate of drug-likeness (QED) is 0.641. The molecule has 1 amide bonds. The lowest BCUT2D eigenvalue weighted by Gasteiger charge is -2.05. The minimum Gasteiger partial charge on any atom is -0.351 e. The molecule has 0 radical (unpaired) electrons. The first-order chi connectivity index (χ1) is 4.54. The first kappa shape index (κ1) is 9.33. The van der Waals surface area contributed by atoms with Crippen LogP contribution in [0.3, 0.4) is 0 Å². The van der Waals surface area contributed by atoms with Crippen molar-refractivity contribution in [3.63, 3.8) is 0 Å². The normalized spacial score (nSPS) is 10.6. The zero-order valence-electron chi connectivity index (χ0n) is 6.03. The second-order valence-corrected chi connectivity index (χ2v) is 2.44. The molecule has 2 nitrogen and oxygen atoms in total. The summed E-state index contributed by atoms with van der Waals surface area (Å²) in [5, 5.41) is 2.09. The van der Waals surface area contributed by atoms with Gasteiger partial charge in [-0.05, 0) is 5.92 Å². The Hall–Kier alpha value is -0.670. The zero-order chi connectivity index (χ0) is 8.15. The molecule has 0 aliphatic rings. The van der Waals surface area contributed by atoms with Crippen LogP contribution in [0.4, 0.5) is 8.78 Å². The molecule has 0 saturated heterocycles. The number of hydrogen-bond donors (Lipinski definition) is 1. The molecule has 0 aliphatic heterocycles. The molecule has 0 rings (SSSR count). The van der Waals surface area contributed by atoms with Gasteiger partial charge in [-0.1, -0.05) is 13.8 Å². The van der Waals surface area contributed by atoms with E-state index in [1.165, 1.54) is 0 Å². The highest BCUT2D eigenvalue weighted by molar-refractivity contribution is 5.78. The van der Waals surface area contributed by atoms with Crippen LogP contribution >= 0.6 is 0 Å². The summed E-state index contributed by atoms with van der Waals surface area (Å²) in [5.74, 6) is -0.976. The van der Waals surface area contributed by atoms with Crippen LogP contribution in [0.25, 0.3) is 0 Å². The number of alkyl halides is 2. The van der Waals surface area contributed by atoms with Gasteiger partial charge in [-0.3, -0.25) is 4.79 Å². The Kier molecular flexibility index (Phi) is 3.91. The fourth-order valence-electron chi connectivity index (χ4n) is 0.382. The van der Waals surface area contributed by atoms with Crippen LogP contribution < -0.4 is 5.32 Å². The van der Waals surface area contributed by atoms with Gasteiger partial charge in [0.05, 0.1) is 0 Å². The maximum absolute atomic E-state index is 11.5. The van der Waals surface area contributed by atoms with Crippen molar-refractivity contribution in [1.82, 2.24) is 5.32 Å². The van der Waals surface area contributed by atoms with Crippen molar-refractivity contribution in [3.8, 4) is 0 Å². The molecule has 0 saturated carbocycles. The predicted octanol–water partition coefficient (Wildman–Crippen LogP) is 1.02. The Bertz CT molecular complexity index is 114. The summed E-state index contributed by atoms with van der Waals surface area (Å²) in [7, 11) is 0. The highest BCUT2D eigenvalue weighted by Gasteiger charge is 2.13. The third-order valence-corrected chi connectivity index (χ3v) is 0.883. The molecule has 0 atom stereocenters. The molecule has 0 heterocycles. The van der Waals surface area contributed by atoms with Gasteiger partial charge in [0.2, 0.25) is 0 Å². The predicted molar refractivity (Wildman–Crippen MR) is 33.9 cm³/mol. The third kappa shape index (κ3) is 4.23. The average Bonchev–Trinajstić information content (AvgIpc) is 1.82. The monoisotopic (exact) mass is 151 g/mol. The van der Waals surface area contributed by atoms with E-state index in [-0.39, 0.29) is 5.92 Å². The fraction of sp³-hybridized carbons (Fsp3) is 0.833. The third-order valence-electron chi connectivity index (χ3n) is 0.883. The fourth-order valence-corrected chi connectivity index (χ4v) is 0.382. The Labute approximate surface area is 58.6 Å². The van der Waals surface area contributed by atoms with Gasteiger partial charge in [0, 0.05) is 6.54 Å². The largest absolute Gasteiger partial charge is 0.351 e. The van der Waals surface area contributed by atoms with Gasteiger partial charge in [-0.15, -0.1) is 0 Å². The second-order valence-electron chi connectivity index (χ2n) is 2.44. The van der Waals surface area contributed by atoms with Crippen molar-refractivity contribution in [2.45, 2.75) is 20.3 Å². The van der Waals surface area contributed by atoms with E-state index < -0.39 is 12.3 Å². The Morgan fingerprint density at radius 1 is 1.50 bits per heavy atom. The first-order valence-corrected chi connectivity index (χ1v) is 3.10. The van der Waals surface area contributed by atoms with E-state index in [0.717, 1.165) is 0 Å². The Morgan fingerprint density at radius 3 is 2.30 bits per heavy atom. The van der Waals surface area contributed by atoms with Crippen molar-refractivity contribution in [1.29, 1.82) is 0 Å². The lowest BCUT2D eigenvalue weighted by atomic mass is 10.2. The lowest BCUT2D eigenvalue weighted by molar-refractivity contribution is -0.131. The van der Waals surface area contributed by atoms with Crippen LogP contribution in [0.1, 0.15) is 13.8 Å². The molecule has 10 heavy (non-hydrogen) atoms. The maximum Gasteiger partial charge on any atom is 0.315 e. The van der Waals surface area contributed by atoms with Gasteiger partial charge in [0.25, 0.3) is 5.91 Å². The molecule has 1 N–H and O–H groups in total. The van der Waals surface area contributed by atoms with Crippen molar-refractivity contribution < 1.29 is 13.6 Å². The SMILES string of the molecule is CC(C)CNC(=O)C(F)F. The number of rotatable bonds is 3. The topological polar surface area (TPSA) is 29.1 Å². The molecule has 0 unspecified atom stereocenters. The molecule has 60 valence electrons. The van der Waals surface area contributed by atoms with Crippen LogP contribution in [0.5, 0.6) is 0 Å². The van der Waals surface area contributed by atoms with E-state index in [0.29, 0.717) is 6.54 Å². The van der Waals surface area contributed by atoms with Crippen LogP contribution in [0.2, 0.25) is 0 Å². The summed E-state index contributed by atoms with van der Waals surface area (Å²) in [5.41, 5.74) is 0. The van der Waals surface area contributed by atoms with Crippen LogP contribution in [-0.2, 0) is 4.79 Å². The van der Waals surface area contributed by atoms with Crippen molar-refractivity contribution >= 4 is 5.91 Å². The standard InChI is InChI=1S/C6H11F2NO/c1-4(2)3-9-6(10)5(7)8/h4-5H,3H2,1-2H3,(H,9,10). The highest BCUT2D eigenvalue weighted by Crippen LogP contribution is 1.92. The summed E-state index contributed by atoms with van der Waals surface area (Å²) in [4.78, 5) is 10.2. The molecule has 0 aromatic heterocycles. The first-order valence-electron chi connectivity index (χ1n) is 3.10. The minimum absolute atomic E-state index is 0.211. The van der Waals surface area contributed by atoms with E-state index in [1.54, 1.807) is 0 Å². The number of carbonyl (C=O) groups excluding carboxylic acids is 1. The van der Waals surface area contributed by atoms with Crippen LogP contribution in [-0.4, -0.2) is 18.9 Å². The molecular formula is C6H11F2NO. The van der Waals surface area contributed by atoms with Gasteiger partial charge < -0.3 is 5.32 Å². The summed E-state index contributed by atoms with van der Waals surface area (Å²) in [6, 6.07) is 0. The number of amides is 1. The number of carbonyl (C=O) groups is 1. The minimum atomic E-state index is -2.89. The second kappa shape index (κ2) is 4.19. The van der Waals surface area contributed by atoms with Crippen molar-refractivity contribution in [2.24, 2.45) is 5.92 Å². The van der Waals surface area contributed by atoms with Gasteiger partial charge in [-0.25, -0.2) is 0 Å². The molecule has 0 aromatic carbocycles. The van der Waals surface area contributed by atoms with E-state index in [1.807, 2.05) is 13.8 Å². The molecule has 0 aliphatic carbocycles. The van der Waals surface area contributed by atoms with E-state index in [2.05, 4.69) is 5.32 Å². The molecule has 0 fully saturated rings. The van der Waals surface area contributed by atoms with Crippen LogP contribution in [0, 0.1) is 5.92 Å². The Morgan fingerprint density at radius 2 is 2.00 bits per heavy atom. The highest BCUT2D eigenvalue weighted by atomic mass is 19.3. The Balaban J connectivity index is 3.40. The molecule has 0 spiro atoms. The summed E-state index contributed by atoms with van der Waals surface area (Å²) >= 11 is 0. The number of halogens is 2. The van der Waals surface area contributed by atoms with Crippen molar-refractivity contribution in [2.75, 3.05) is 6.54 Å². The van der Waals surface area contributed by atoms with E-state index in [9.17, 15) is 13.6 Å². The zero-order valence-corrected chi connectivity index (χ0v) is 6.03. The smallest absolute Gasteiger partial charge is 0.315 e. The van der Waals surface area contributed by atoms with Gasteiger partial charge in [0.1, 0.15) is 0 Å². The number of nitrogens with one attached hydrogen (secondary N) is 1. The van der Waals surface area contributed by atoms with Crippen molar-refractivity contribution in [3.05, 3.63) is 0 Å². The average molecular weight is 151 g/mol. The van der Waals surface area contributed by atoms with E-state index in [4.69, 9.17) is 0 Å². The summed E-state index contributed by atoms with van der Waals surface area (Å²) in [6.07, 6.45) is -2.89. The molecular weight excluding hydrogens is 140 g/mol. The molecule has 4 heteroatoms. The lowest BCUT2D eigenvalue weighted by Crippen LogP contribution is -2.32.